The Morgan fingerprint density at radius 1 is 1.27 bits per heavy atom. The van der Waals surface area contributed by atoms with Crippen LogP contribution in [-0.2, 0) is 6.54 Å². The lowest BCUT2D eigenvalue weighted by atomic mass is 10.1. The van der Waals surface area contributed by atoms with E-state index in [-0.39, 0.29) is 18.4 Å². The molecule has 0 saturated carbocycles. The lowest BCUT2D eigenvalue weighted by molar-refractivity contribution is -0.389. The van der Waals surface area contributed by atoms with Crippen molar-refractivity contribution in [1.82, 2.24) is 14.9 Å². The van der Waals surface area contributed by atoms with Crippen LogP contribution in [0.5, 0.6) is 6.01 Å². The highest BCUT2D eigenvalue weighted by molar-refractivity contribution is 6.35. The number of rotatable bonds is 7. The number of amides is 2. The van der Waals surface area contributed by atoms with Crippen molar-refractivity contribution in [3.63, 3.8) is 0 Å². The molecule has 0 radical (unpaired) electrons. The normalized spacial score (nSPS) is 11.6. The van der Waals surface area contributed by atoms with Gasteiger partial charge in [-0.2, -0.15) is 0 Å². The predicted octanol–water partition coefficient (Wildman–Crippen LogP) is 4.67. The van der Waals surface area contributed by atoms with Gasteiger partial charge in [0.2, 0.25) is 0 Å². The van der Waals surface area contributed by atoms with Crippen LogP contribution in [0.15, 0.2) is 54.7 Å². The summed E-state index contributed by atoms with van der Waals surface area (Å²) in [6.07, 6.45) is 1.23. The first-order valence-electron chi connectivity index (χ1n) is 8.70. The summed E-state index contributed by atoms with van der Waals surface area (Å²) < 4.78 is 6.56. The van der Waals surface area contributed by atoms with Gasteiger partial charge in [0.05, 0.1) is 19.7 Å². The number of para-hydroxylation sites is 1. The number of methoxy groups -OCH3 is 1. The third kappa shape index (κ3) is 5.19. The van der Waals surface area contributed by atoms with E-state index in [9.17, 15) is 14.9 Å². The van der Waals surface area contributed by atoms with Crippen LogP contribution in [0.3, 0.4) is 0 Å². The molecule has 11 heteroatoms. The van der Waals surface area contributed by atoms with E-state index in [4.69, 9.17) is 27.9 Å². The molecule has 0 fully saturated rings. The topological polar surface area (TPSA) is 111 Å². The molecule has 1 atom stereocenters. The zero-order chi connectivity index (χ0) is 21.7. The molecule has 3 rings (SSSR count). The number of halogens is 2. The van der Waals surface area contributed by atoms with Gasteiger partial charge in [0.25, 0.3) is 0 Å². The van der Waals surface area contributed by atoms with Gasteiger partial charge in [0.1, 0.15) is 6.20 Å². The second-order valence-corrected chi connectivity index (χ2v) is 7.02. The smallest absolute Gasteiger partial charge is 0.414 e. The Bertz CT molecular complexity index is 1060. The molecular formula is C19H17Cl2N5O4. The Kier molecular flexibility index (Phi) is 6.76. The molecule has 0 aliphatic heterocycles. The molecule has 0 saturated heterocycles. The molecule has 0 aliphatic rings. The van der Waals surface area contributed by atoms with E-state index < -0.39 is 17.0 Å². The lowest BCUT2D eigenvalue weighted by Gasteiger charge is -2.21. The summed E-state index contributed by atoms with van der Waals surface area (Å²) in [5, 5.41) is 17.4. The maximum Gasteiger partial charge on any atom is 0.414 e. The van der Waals surface area contributed by atoms with Crippen LogP contribution in [-0.4, -0.2) is 27.6 Å². The maximum atomic E-state index is 12.6. The number of anilines is 1. The summed E-state index contributed by atoms with van der Waals surface area (Å²) in [5.41, 5.74) is 1.18. The summed E-state index contributed by atoms with van der Waals surface area (Å²) >= 11 is 12.3. The zero-order valence-corrected chi connectivity index (χ0v) is 17.2. The number of hydrogen-bond donors (Lipinski definition) is 2. The highest BCUT2D eigenvalue weighted by Crippen LogP contribution is 2.29. The molecule has 2 aromatic carbocycles. The van der Waals surface area contributed by atoms with Gasteiger partial charge in [-0.15, -0.1) is 0 Å². The molecule has 0 aliphatic carbocycles. The van der Waals surface area contributed by atoms with Gasteiger partial charge in [-0.25, -0.2) is 4.79 Å². The van der Waals surface area contributed by atoms with Crippen molar-refractivity contribution in [3.8, 4) is 6.01 Å². The molecule has 0 spiro atoms. The minimum absolute atomic E-state index is 0.0297. The third-order valence-electron chi connectivity index (χ3n) is 4.15. The fourth-order valence-electron chi connectivity index (χ4n) is 2.82. The number of nitro groups is 1. The average Bonchev–Trinajstić information content (AvgIpc) is 3.11. The van der Waals surface area contributed by atoms with Gasteiger partial charge in [0, 0.05) is 20.7 Å². The summed E-state index contributed by atoms with van der Waals surface area (Å²) in [5.74, 6) is -0.374. The van der Waals surface area contributed by atoms with Crippen molar-refractivity contribution in [2.75, 3.05) is 12.4 Å². The molecule has 9 nitrogen and oxygen atoms in total. The molecule has 2 amide bonds. The highest BCUT2D eigenvalue weighted by atomic mass is 35.5. The SMILES string of the molecule is COc1nc([N+](=O)[O-])cn1CC(NC(=O)Nc1ccccc1)c1ccc(Cl)cc1Cl. The fourth-order valence-corrected chi connectivity index (χ4v) is 3.36. The first kappa shape index (κ1) is 21.4. The number of aromatic nitrogens is 2. The van der Waals surface area contributed by atoms with Crippen LogP contribution in [0.2, 0.25) is 10.0 Å². The number of carbonyl (C=O) groups is 1. The maximum absolute atomic E-state index is 12.6. The number of ether oxygens (including phenoxy) is 1. The van der Waals surface area contributed by atoms with Gasteiger partial charge >= 0.3 is 17.9 Å². The second kappa shape index (κ2) is 9.47. The molecule has 0 bridgehead atoms. The van der Waals surface area contributed by atoms with Crippen molar-refractivity contribution >= 4 is 40.7 Å². The van der Waals surface area contributed by atoms with E-state index >= 15 is 0 Å². The molecule has 1 heterocycles. The van der Waals surface area contributed by atoms with Crippen molar-refractivity contribution in [1.29, 1.82) is 0 Å². The molecule has 30 heavy (non-hydrogen) atoms. The van der Waals surface area contributed by atoms with Gasteiger partial charge in [0.15, 0.2) is 0 Å². The number of nitrogens with zero attached hydrogens (tertiary/aromatic N) is 3. The zero-order valence-electron chi connectivity index (χ0n) is 15.7. The second-order valence-electron chi connectivity index (χ2n) is 6.18. The van der Waals surface area contributed by atoms with Gasteiger partial charge < -0.3 is 25.5 Å². The third-order valence-corrected chi connectivity index (χ3v) is 4.71. The summed E-state index contributed by atoms with van der Waals surface area (Å²) in [6, 6.07) is 12.6. The van der Waals surface area contributed by atoms with Crippen molar-refractivity contribution in [2.45, 2.75) is 12.6 Å². The molecular weight excluding hydrogens is 433 g/mol. The van der Waals surface area contributed by atoms with E-state index in [0.717, 1.165) is 0 Å². The number of urea groups is 1. The van der Waals surface area contributed by atoms with Crippen LogP contribution in [0.25, 0.3) is 0 Å². The predicted molar refractivity (Wildman–Crippen MR) is 113 cm³/mol. The van der Waals surface area contributed by atoms with Gasteiger partial charge in [-0.1, -0.05) is 47.5 Å². The average molecular weight is 450 g/mol. The van der Waals surface area contributed by atoms with Crippen LogP contribution < -0.4 is 15.4 Å². The van der Waals surface area contributed by atoms with Crippen LogP contribution in [0.1, 0.15) is 11.6 Å². The Balaban J connectivity index is 1.90. The summed E-state index contributed by atoms with van der Waals surface area (Å²) in [4.78, 5) is 26.8. The number of nitrogens with one attached hydrogen (secondary N) is 2. The van der Waals surface area contributed by atoms with E-state index in [1.807, 2.05) is 6.07 Å². The monoisotopic (exact) mass is 449 g/mol. The summed E-state index contributed by atoms with van der Waals surface area (Å²) in [6.45, 7) is 0.0770. The standard InChI is InChI=1S/C19H17Cl2N5O4/c1-30-19-24-17(26(28)29)11-25(19)10-16(14-8-7-12(20)9-15(14)21)23-18(27)22-13-5-3-2-4-6-13/h2-9,11,16H,10H2,1H3,(H2,22,23,27). The molecule has 1 aromatic heterocycles. The van der Waals surface area contributed by atoms with E-state index in [1.165, 1.54) is 17.9 Å². The van der Waals surface area contributed by atoms with Crippen LogP contribution in [0.4, 0.5) is 16.3 Å². The first-order chi connectivity index (χ1) is 14.4. The first-order valence-corrected chi connectivity index (χ1v) is 9.46. The van der Waals surface area contributed by atoms with Gasteiger partial charge in [-0.3, -0.25) is 4.57 Å². The largest absolute Gasteiger partial charge is 0.449 e. The van der Waals surface area contributed by atoms with Crippen LogP contribution >= 0.6 is 23.2 Å². The van der Waals surface area contributed by atoms with E-state index in [2.05, 4.69) is 15.6 Å². The molecule has 156 valence electrons. The minimum atomic E-state index is -0.666. The quantitative estimate of drug-likeness (QED) is 0.402. The van der Waals surface area contributed by atoms with Crippen LogP contribution in [0, 0.1) is 10.1 Å². The van der Waals surface area contributed by atoms with Crippen molar-refractivity contribution < 1.29 is 14.5 Å². The van der Waals surface area contributed by atoms with Crippen molar-refractivity contribution in [3.05, 3.63) is 80.5 Å². The minimum Gasteiger partial charge on any atom is -0.449 e. The number of benzene rings is 2. The molecule has 2 N–H and O–H groups in total. The molecule has 3 aromatic rings. The number of carbonyl (C=O) groups excluding carboxylic acids is 1. The summed E-state index contributed by atoms with van der Waals surface area (Å²) in [7, 11) is 1.35. The van der Waals surface area contributed by atoms with E-state index in [0.29, 0.717) is 21.3 Å². The van der Waals surface area contributed by atoms with Crippen molar-refractivity contribution in [2.24, 2.45) is 0 Å². The molecule has 1 unspecified atom stereocenters. The Morgan fingerprint density at radius 3 is 2.63 bits per heavy atom. The number of imidazole rings is 1. The Morgan fingerprint density at radius 2 is 2.00 bits per heavy atom. The highest BCUT2D eigenvalue weighted by Gasteiger charge is 2.25. The fraction of sp³-hybridized carbons (Fsp3) is 0.158. The lowest BCUT2D eigenvalue weighted by Crippen LogP contribution is -2.35. The van der Waals surface area contributed by atoms with E-state index in [1.54, 1.807) is 42.5 Å². The Labute approximate surface area is 181 Å². The van der Waals surface area contributed by atoms with Gasteiger partial charge in [-0.05, 0) is 34.8 Å². The Hall–Kier alpha value is -3.30. The number of hydrogen-bond acceptors (Lipinski definition) is 5.